The summed E-state index contributed by atoms with van der Waals surface area (Å²) in [4.78, 5) is 24.5. The van der Waals surface area contributed by atoms with Crippen LogP contribution in [0, 0.1) is 0 Å². The highest BCUT2D eigenvalue weighted by Crippen LogP contribution is 2.41. The van der Waals surface area contributed by atoms with Gasteiger partial charge < -0.3 is 10.1 Å². The molecule has 1 aliphatic rings. The Balaban J connectivity index is 2.14. The molecule has 0 saturated carbocycles. The summed E-state index contributed by atoms with van der Waals surface area (Å²) in [6.07, 6.45) is 1.14. The first-order valence-electron chi connectivity index (χ1n) is 8.65. The second-order valence-electron chi connectivity index (χ2n) is 7.20. The molecule has 2 aromatic carbocycles. The molecule has 0 fully saturated rings. The number of hydrogen-bond acceptors (Lipinski definition) is 5. The van der Waals surface area contributed by atoms with Gasteiger partial charge in [0.1, 0.15) is 5.76 Å². The van der Waals surface area contributed by atoms with Gasteiger partial charge in [-0.25, -0.2) is 8.42 Å². The summed E-state index contributed by atoms with van der Waals surface area (Å²) >= 11 is 0. The Labute approximate surface area is 164 Å². The van der Waals surface area contributed by atoms with Crippen molar-refractivity contribution in [2.75, 3.05) is 11.6 Å². The van der Waals surface area contributed by atoms with Crippen molar-refractivity contribution in [3.63, 3.8) is 0 Å². The van der Waals surface area contributed by atoms with E-state index in [1.807, 2.05) is 0 Å². The SMILES string of the molecule is CC(=O)Nc1cccc(C2=C(c3ccc(S(C)(=O)=O)cc3)OC(C)(C)C2=O)c1. The van der Waals surface area contributed by atoms with Gasteiger partial charge in [0.25, 0.3) is 0 Å². The van der Waals surface area contributed by atoms with Crippen LogP contribution >= 0.6 is 0 Å². The lowest BCUT2D eigenvalue weighted by Crippen LogP contribution is -2.29. The molecule has 3 rings (SSSR count). The van der Waals surface area contributed by atoms with E-state index < -0.39 is 15.4 Å². The van der Waals surface area contributed by atoms with E-state index in [0.29, 0.717) is 28.1 Å². The Kier molecular flexibility index (Phi) is 4.89. The van der Waals surface area contributed by atoms with Gasteiger partial charge in [-0.05, 0) is 55.8 Å². The normalized spacial score (nSPS) is 16.1. The van der Waals surface area contributed by atoms with Crippen LogP contribution in [0.25, 0.3) is 11.3 Å². The van der Waals surface area contributed by atoms with Crippen LogP contribution in [0.5, 0.6) is 0 Å². The molecule has 146 valence electrons. The predicted octanol–water partition coefficient (Wildman–Crippen LogP) is 3.29. The van der Waals surface area contributed by atoms with Crippen molar-refractivity contribution in [2.24, 2.45) is 0 Å². The number of nitrogens with one attached hydrogen (secondary N) is 1. The zero-order valence-electron chi connectivity index (χ0n) is 16.1. The Bertz CT molecular complexity index is 1100. The number of benzene rings is 2. The molecule has 1 aliphatic heterocycles. The Hall–Kier alpha value is -2.93. The van der Waals surface area contributed by atoms with E-state index in [0.717, 1.165) is 6.26 Å². The lowest BCUT2D eigenvalue weighted by Gasteiger charge is -2.18. The first kappa shape index (κ1) is 19.8. The maximum Gasteiger partial charge on any atom is 0.221 e. The number of carbonyl (C=O) groups excluding carboxylic acids is 2. The van der Waals surface area contributed by atoms with E-state index in [4.69, 9.17) is 4.74 Å². The van der Waals surface area contributed by atoms with E-state index in [-0.39, 0.29) is 16.6 Å². The zero-order chi connectivity index (χ0) is 20.7. The fourth-order valence-electron chi connectivity index (χ4n) is 3.03. The monoisotopic (exact) mass is 399 g/mol. The molecular formula is C21H21NO5S. The number of carbonyl (C=O) groups is 2. The van der Waals surface area contributed by atoms with Crippen LogP contribution in [0.3, 0.4) is 0 Å². The molecule has 1 amide bonds. The Morgan fingerprint density at radius 2 is 1.68 bits per heavy atom. The number of Topliss-reactive ketones (excluding diaryl/α,β-unsaturated/α-hetero) is 1. The smallest absolute Gasteiger partial charge is 0.221 e. The summed E-state index contributed by atoms with van der Waals surface area (Å²) in [5, 5.41) is 2.70. The number of hydrogen-bond donors (Lipinski definition) is 1. The van der Waals surface area contributed by atoms with Gasteiger partial charge in [-0.15, -0.1) is 0 Å². The molecule has 0 spiro atoms. The molecule has 0 aromatic heterocycles. The Morgan fingerprint density at radius 3 is 2.25 bits per heavy atom. The van der Waals surface area contributed by atoms with Crippen LogP contribution in [0.15, 0.2) is 53.4 Å². The second kappa shape index (κ2) is 6.91. The standard InChI is InChI=1S/C21H21NO5S/c1-13(23)22-16-7-5-6-15(12-16)18-19(27-21(2,3)20(18)24)14-8-10-17(11-9-14)28(4,25)26/h5-12H,1-4H3,(H,22,23). The minimum atomic E-state index is -3.32. The maximum atomic E-state index is 13.0. The van der Waals surface area contributed by atoms with Gasteiger partial charge in [-0.2, -0.15) is 0 Å². The minimum absolute atomic E-state index is 0.185. The number of anilines is 1. The summed E-state index contributed by atoms with van der Waals surface area (Å²) in [6.45, 7) is 4.78. The molecule has 28 heavy (non-hydrogen) atoms. The van der Waals surface area contributed by atoms with Gasteiger partial charge in [-0.3, -0.25) is 9.59 Å². The highest BCUT2D eigenvalue weighted by molar-refractivity contribution is 7.90. The predicted molar refractivity (Wildman–Crippen MR) is 107 cm³/mol. The number of amides is 1. The first-order chi connectivity index (χ1) is 13.0. The molecule has 0 radical (unpaired) electrons. The molecule has 1 N–H and O–H groups in total. The topological polar surface area (TPSA) is 89.5 Å². The molecule has 0 aliphatic carbocycles. The van der Waals surface area contributed by atoms with E-state index >= 15 is 0 Å². The van der Waals surface area contributed by atoms with Crippen LogP contribution in [0.4, 0.5) is 5.69 Å². The van der Waals surface area contributed by atoms with Crippen molar-refractivity contribution in [1.82, 2.24) is 0 Å². The van der Waals surface area contributed by atoms with Crippen LogP contribution in [-0.4, -0.2) is 32.0 Å². The highest BCUT2D eigenvalue weighted by Gasteiger charge is 2.42. The quantitative estimate of drug-likeness (QED) is 0.852. The van der Waals surface area contributed by atoms with E-state index in [2.05, 4.69) is 5.32 Å². The van der Waals surface area contributed by atoms with Crippen LogP contribution in [0.2, 0.25) is 0 Å². The van der Waals surface area contributed by atoms with Crippen LogP contribution in [-0.2, 0) is 24.2 Å². The molecule has 0 bridgehead atoms. The van der Waals surface area contributed by atoms with Crippen LogP contribution in [0.1, 0.15) is 31.9 Å². The summed E-state index contributed by atoms with van der Waals surface area (Å²) in [7, 11) is -3.32. The van der Waals surface area contributed by atoms with Gasteiger partial charge in [0.15, 0.2) is 15.4 Å². The van der Waals surface area contributed by atoms with Crippen molar-refractivity contribution >= 4 is 38.5 Å². The Morgan fingerprint density at radius 1 is 1.04 bits per heavy atom. The number of sulfone groups is 1. The lowest BCUT2D eigenvalue weighted by atomic mass is 9.92. The third kappa shape index (κ3) is 3.84. The summed E-state index contributed by atoms with van der Waals surface area (Å²) in [5.74, 6) is -0.0123. The van der Waals surface area contributed by atoms with Crippen molar-refractivity contribution in [3.05, 3.63) is 59.7 Å². The summed E-state index contributed by atoms with van der Waals surface area (Å²) in [5.41, 5.74) is 1.13. The van der Waals surface area contributed by atoms with Crippen molar-refractivity contribution in [1.29, 1.82) is 0 Å². The molecule has 2 aromatic rings. The maximum absolute atomic E-state index is 13.0. The fraction of sp³-hybridized carbons (Fsp3) is 0.238. The first-order valence-corrected chi connectivity index (χ1v) is 10.5. The third-order valence-corrected chi connectivity index (χ3v) is 5.50. The molecular weight excluding hydrogens is 378 g/mol. The lowest BCUT2D eigenvalue weighted by molar-refractivity contribution is -0.125. The van der Waals surface area contributed by atoms with Crippen molar-refractivity contribution < 1.29 is 22.7 Å². The van der Waals surface area contributed by atoms with E-state index in [1.54, 1.807) is 50.2 Å². The van der Waals surface area contributed by atoms with Gasteiger partial charge in [0.05, 0.1) is 10.5 Å². The number of ketones is 1. The molecule has 7 heteroatoms. The highest BCUT2D eigenvalue weighted by atomic mass is 32.2. The second-order valence-corrected chi connectivity index (χ2v) is 9.22. The summed E-state index contributed by atoms with van der Waals surface area (Å²) in [6, 6.07) is 13.2. The third-order valence-electron chi connectivity index (χ3n) is 4.37. The average Bonchev–Trinajstić information content (AvgIpc) is 2.84. The van der Waals surface area contributed by atoms with Crippen molar-refractivity contribution in [3.8, 4) is 0 Å². The number of rotatable bonds is 4. The summed E-state index contributed by atoms with van der Waals surface area (Å²) < 4.78 is 29.4. The molecule has 6 nitrogen and oxygen atoms in total. The molecule has 0 unspecified atom stereocenters. The van der Waals surface area contributed by atoms with E-state index in [9.17, 15) is 18.0 Å². The fourth-order valence-corrected chi connectivity index (χ4v) is 3.66. The van der Waals surface area contributed by atoms with E-state index in [1.165, 1.54) is 19.1 Å². The largest absolute Gasteiger partial charge is 0.478 e. The van der Waals surface area contributed by atoms with Gasteiger partial charge in [0, 0.05) is 24.4 Å². The number of ether oxygens (including phenoxy) is 1. The molecule has 0 saturated heterocycles. The zero-order valence-corrected chi connectivity index (χ0v) is 16.9. The van der Waals surface area contributed by atoms with Gasteiger partial charge in [-0.1, -0.05) is 12.1 Å². The average molecular weight is 399 g/mol. The molecule has 1 heterocycles. The minimum Gasteiger partial charge on any atom is -0.478 e. The van der Waals surface area contributed by atoms with Gasteiger partial charge in [0.2, 0.25) is 11.7 Å². The molecule has 0 atom stereocenters. The van der Waals surface area contributed by atoms with Crippen LogP contribution < -0.4 is 5.32 Å². The van der Waals surface area contributed by atoms with Gasteiger partial charge >= 0.3 is 0 Å². The van der Waals surface area contributed by atoms with Crippen molar-refractivity contribution in [2.45, 2.75) is 31.3 Å².